The summed E-state index contributed by atoms with van der Waals surface area (Å²) in [4.78, 5) is 26.5. The van der Waals surface area contributed by atoms with E-state index in [1.54, 1.807) is 0 Å². The van der Waals surface area contributed by atoms with Gasteiger partial charge in [-0.3, -0.25) is 0 Å². The van der Waals surface area contributed by atoms with Crippen LogP contribution in [0.15, 0.2) is 11.6 Å². The minimum Gasteiger partial charge on any atom is -0.479 e. The van der Waals surface area contributed by atoms with Gasteiger partial charge in [0, 0.05) is 10.8 Å². The molecule has 24 atom stereocenters. The summed E-state index contributed by atoms with van der Waals surface area (Å²) >= 11 is 0. The second-order valence-corrected chi connectivity index (χ2v) is 23.4. The Hall–Kier alpha value is -1.72. The number of carboxylic acids is 1. The molecule has 8 rings (SSSR count). The third kappa shape index (κ3) is 7.70. The molecule has 3 aliphatic heterocycles. The first-order valence-corrected chi connectivity index (χ1v) is 24.1. The van der Waals surface area contributed by atoms with Crippen molar-refractivity contribution in [2.24, 2.45) is 50.2 Å². The van der Waals surface area contributed by atoms with Crippen molar-refractivity contribution in [2.45, 2.75) is 218 Å². The van der Waals surface area contributed by atoms with Gasteiger partial charge in [0.05, 0.1) is 24.9 Å². The molecule has 5 aliphatic carbocycles. The molecule has 3 saturated heterocycles. The van der Waals surface area contributed by atoms with E-state index in [1.807, 2.05) is 13.8 Å². The molecular weight excluding hydrogens is 865 g/mol. The fourth-order valence-electron chi connectivity index (χ4n) is 15.0. The van der Waals surface area contributed by atoms with Crippen molar-refractivity contribution in [2.75, 3.05) is 6.61 Å². The van der Waals surface area contributed by atoms with E-state index >= 15 is 0 Å². The normalized spacial score (nSPS) is 54.4. The predicted molar refractivity (Wildman–Crippen MR) is 230 cm³/mol. The number of aliphatic hydroxyl groups excluding tert-OH is 9. The lowest BCUT2D eigenvalue weighted by Crippen LogP contribution is -2.69. The van der Waals surface area contributed by atoms with E-state index in [0.717, 1.165) is 38.5 Å². The zero-order valence-electron chi connectivity index (χ0n) is 39.5. The number of hydrogen-bond donors (Lipinski definition) is 10. The summed E-state index contributed by atoms with van der Waals surface area (Å²) in [5, 5.41) is 108. The number of aliphatic carboxylic acids is 1. The number of ether oxygens (including phenoxy) is 6. The Labute approximate surface area is 386 Å². The van der Waals surface area contributed by atoms with E-state index in [0.29, 0.717) is 19.3 Å². The van der Waals surface area contributed by atoms with Crippen LogP contribution in [-0.2, 0) is 38.0 Å². The molecule has 0 radical (unpaired) electrons. The molecule has 18 nitrogen and oxygen atoms in total. The molecule has 7 fully saturated rings. The first-order valence-electron chi connectivity index (χ1n) is 24.1. The Balaban J connectivity index is 1.07. The number of aldehydes is 1. The van der Waals surface area contributed by atoms with Gasteiger partial charge in [-0.2, -0.15) is 0 Å². The van der Waals surface area contributed by atoms with Crippen LogP contribution in [0.4, 0.5) is 0 Å². The second kappa shape index (κ2) is 17.5. The van der Waals surface area contributed by atoms with Crippen LogP contribution in [0, 0.1) is 50.2 Å². The van der Waals surface area contributed by atoms with Crippen LogP contribution in [0.3, 0.4) is 0 Å². The highest BCUT2D eigenvalue weighted by atomic mass is 16.8. The van der Waals surface area contributed by atoms with E-state index in [4.69, 9.17) is 28.4 Å². The summed E-state index contributed by atoms with van der Waals surface area (Å²) in [6.45, 7) is 16.1. The first kappa shape index (κ1) is 50.7. The summed E-state index contributed by atoms with van der Waals surface area (Å²) in [5.41, 5.74) is -0.852. The predicted octanol–water partition coefficient (Wildman–Crippen LogP) is 0.911. The number of carbonyl (C=O) groups is 2. The minimum atomic E-state index is -2.06. The van der Waals surface area contributed by atoms with E-state index in [9.17, 15) is 60.7 Å². The molecule has 0 bridgehead atoms. The van der Waals surface area contributed by atoms with Crippen LogP contribution in [-0.4, -0.2) is 174 Å². The SMILES string of the molecule is C[C@@H]1O[C@@H](O[C@H]2[C@H](O[C@H]3[C@H](O[C@H]4CC[C@@]5(C=O)[C@H](CC[C@]6(C)[C@@H]5CC[C@H]5C7=CC(C)(C)C[C@@H](O)[C@]7(C)CC[C@]56C)C4(C)C)O[C@H](C(=O)O)[C@@H](O)[C@@H]3O)O[C@H](CO)[C@@H](O)[C@@H]2O)[C@H](O)[C@H](O)[C@H]1O. The summed E-state index contributed by atoms with van der Waals surface area (Å²) in [6.07, 6.45) is -17.1. The molecule has 8 aliphatic rings. The van der Waals surface area contributed by atoms with Crippen molar-refractivity contribution in [3.05, 3.63) is 11.6 Å². The van der Waals surface area contributed by atoms with Gasteiger partial charge >= 0.3 is 5.97 Å². The zero-order valence-corrected chi connectivity index (χ0v) is 39.5. The Morgan fingerprint density at radius 3 is 1.95 bits per heavy atom. The minimum absolute atomic E-state index is 0.0465. The number of carboxylic acid groups (broad SMARTS) is 1. The molecule has 0 aromatic carbocycles. The van der Waals surface area contributed by atoms with Gasteiger partial charge in [-0.05, 0) is 104 Å². The number of aliphatic hydroxyl groups is 9. The van der Waals surface area contributed by atoms with Crippen LogP contribution in [0.25, 0.3) is 0 Å². The molecule has 376 valence electrons. The van der Waals surface area contributed by atoms with Gasteiger partial charge in [-0.25, -0.2) is 4.79 Å². The quantitative estimate of drug-likeness (QED) is 0.0873. The first-order chi connectivity index (χ1) is 30.7. The number of allylic oxidation sites excluding steroid dienone is 1. The Kier molecular flexibility index (Phi) is 13.5. The molecule has 66 heavy (non-hydrogen) atoms. The molecular formula is C48H76O18. The van der Waals surface area contributed by atoms with E-state index < -0.39 is 128 Å². The lowest BCUT2D eigenvalue weighted by molar-refractivity contribution is -0.395. The van der Waals surface area contributed by atoms with Crippen molar-refractivity contribution in [3.8, 4) is 0 Å². The average Bonchev–Trinajstić information content (AvgIpc) is 3.25. The molecule has 0 unspecified atom stereocenters. The highest BCUT2D eigenvalue weighted by Gasteiger charge is 2.71. The Morgan fingerprint density at radius 1 is 0.682 bits per heavy atom. The fourth-order valence-corrected chi connectivity index (χ4v) is 15.0. The van der Waals surface area contributed by atoms with Gasteiger partial charge in [-0.1, -0.05) is 60.1 Å². The van der Waals surface area contributed by atoms with E-state index in [2.05, 4.69) is 40.7 Å². The lowest BCUT2D eigenvalue weighted by atomic mass is 9.32. The standard InChI is InChI=1S/C48H76O18/c1-21-29(52)31(54)35(58)40(61-21)65-37-32(55)30(53)24(19-49)62-41(37)66-38-34(57)33(56)36(39(59)60)64-42(38)63-28-12-14-48(20-50)25(44(28,4)5)11-13-47(8)26(48)10-9-22-23-17-43(2,3)18-27(51)45(23,6)15-16-46(22,47)7/h17,20-22,24-38,40-42,49,51-58H,9-16,18-19H2,1-8H3,(H,59,60)/t21-,22-,24+,25+,26-,27+,28-,29-,30+,31+,32-,33-,34-,35+,36-,37+,38+,40-,41-,42+,45+,46+,47+,48+/m0/s1. The maximum Gasteiger partial charge on any atom is 0.335 e. The molecule has 3 heterocycles. The average molecular weight is 941 g/mol. The van der Waals surface area contributed by atoms with Crippen molar-refractivity contribution in [1.82, 2.24) is 0 Å². The zero-order chi connectivity index (χ0) is 48.4. The van der Waals surface area contributed by atoms with E-state index in [-0.39, 0.29) is 39.4 Å². The lowest BCUT2D eigenvalue weighted by Gasteiger charge is -2.72. The Morgan fingerprint density at radius 2 is 1.32 bits per heavy atom. The molecule has 10 N–H and O–H groups in total. The maximum atomic E-state index is 14.0. The van der Waals surface area contributed by atoms with Gasteiger partial charge in [0.15, 0.2) is 25.0 Å². The van der Waals surface area contributed by atoms with Gasteiger partial charge in [0.1, 0.15) is 67.3 Å². The third-order valence-electron chi connectivity index (χ3n) is 19.1. The number of fused-ring (bicyclic) bond motifs is 7. The van der Waals surface area contributed by atoms with Gasteiger partial charge in [0.25, 0.3) is 0 Å². The number of hydrogen-bond acceptors (Lipinski definition) is 17. The van der Waals surface area contributed by atoms with Crippen LogP contribution in [0.5, 0.6) is 0 Å². The fraction of sp³-hybridized carbons (Fsp3) is 0.917. The highest BCUT2D eigenvalue weighted by Crippen LogP contribution is 2.76. The van der Waals surface area contributed by atoms with Crippen molar-refractivity contribution in [1.29, 1.82) is 0 Å². The summed E-state index contributed by atoms with van der Waals surface area (Å²) in [5.74, 6) is -1.46. The van der Waals surface area contributed by atoms with Gasteiger partial charge in [0.2, 0.25) is 0 Å². The van der Waals surface area contributed by atoms with E-state index in [1.165, 1.54) is 18.8 Å². The van der Waals surface area contributed by atoms with Crippen molar-refractivity contribution >= 4 is 12.3 Å². The van der Waals surface area contributed by atoms with Crippen LogP contribution < -0.4 is 0 Å². The largest absolute Gasteiger partial charge is 0.479 e. The monoisotopic (exact) mass is 941 g/mol. The molecule has 0 aromatic heterocycles. The van der Waals surface area contributed by atoms with Gasteiger partial charge < -0.3 is 84.3 Å². The van der Waals surface area contributed by atoms with Crippen molar-refractivity contribution in [3.63, 3.8) is 0 Å². The smallest absolute Gasteiger partial charge is 0.335 e. The second-order valence-electron chi connectivity index (χ2n) is 23.4. The molecule has 18 heteroatoms. The number of rotatable bonds is 9. The maximum absolute atomic E-state index is 14.0. The Bertz CT molecular complexity index is 1840. The summed E-state index contributed by atoms with van der Waals surface area (Å²) < 4.78 is 36.2. The number of carbonyl (C=O) groups excluding carboxylic acids is 1. The van der Waals surface area contributed by atoms with Crippen LogP contribution >= 0.6 is 0 Å². The van der Waals surface area contributed by atoms with Crippen LogP contribution in [0.2, 0.25) is 0 Å². The third-order valence-corrected chi connectivity index (χ3v) is 19.1. The molecule has 4 saturated carbocycles. The highest BCUT2D eigenvalue weighted by molar-refractivity contribution is 5.73. The molecule has 0 aromatic rings. The summed E-state index contributed by atoms with van der Waals surface area (Å²) in [7, 11) is 0. The molecule has 0 spiro atoms. The van der Waals surface area contributed by atoms with Crippen LogP contribution in [0.1, 0.15) is 113 Å². The van der Waals surface area contributed by atoms with Crippen molar-refractivity contribution < 1.29 is 89.1 Å². The summed E-state index contributed by atoms with van der Waals surface area (Å²) in [6, 6.07) is 0. The van der Waals surface area contributed by atoms with Gasteiger partial charge in [-0.15, -0.1) is 0 Å². The molecule has 0 amide bonds. The topological polar surface area (TPSA) is 292 Å².